The molecule has 0 saturated heterocycles. The first-order valence-electron chi connectivity index (χ1n) is 8.22. The molecule has 0 unspecified atom stereocenters. The number of fused-ring (bicyclic) bond motifs is 1. The van der Waals surface area contributed by atoms with E-state index in [9.17, 15) is 10.5 Å². The number of nitrogens with two attached hydrogens (primary N) is 1. The van der Waals surface area contributed by atoms with Crippen LogP contribution in [0.15, 0.2) is 23.8 Å². The van der Waals surface area contributed by atoms with Gasteiger partial charge in [-0.3, -0.25) is 0 Å². The highest BCUT2D eigenvalue weighted by Gasteiger charge is 2.29. The molecule has 27 heavy (non-hydrogen) atoms. The summed E-state index contributed by atoms with van der Waals surface area (Å²) in [6, 6.07) is 9.89. The number of methoxy groups -OCH3 is 2. The third kappa shape index (κ3) is 2.78. The molecule has 0 spiro atoms. The molecule has 1 aliphatic carbocycles. The van der Waals surface area contributed by atoms with Crippen molar-refractivity contribution >= 4 is 23.0 Å². The number of rotatable bonds is 3. The Balaban J connectivity index is 2.27. The fourth-order valence-electron chi connectivity index (χ4n) is 3.30. The first-order chi connectivity index (χ1) is 13.0. The van der Waals surface area contributed by atoms with Crippen molar-refractivity contribution in [1.29, 1.82) is 10.5 Å². The van der Waals surface area contributed by atoms with Crippen LogP contribution in [0.25, 0.3) is 17.2 Å². The highest BCUT2D eigenvalue weighted by atomic mass is 16.5. The number of benzene rings is 1. The van der Waals surface area contributed by atoms with E-state index in [1.165, 1.54) is 0 Å². The second-order valence-electron chi connectivity index (χ2n) is 6.12. The van der Waals surface area contributed by atoms with Crippen molar-refractivity contribution in [2.24, 2.45) is 0 Å². The number of pyridine rings is 1. The van der Waals surface area contributed by atoms with Gasteiger partial charge >= 0.3 is 0 Å². The van der Waals surface area contributed by atoms with E-state index in [2.05, 4.69) is 17.1 Å². The van der Waals surface area contributed by atoms with E-state index < -0.39 is 0 Å². The Morgan fingerprint density at radius 1 is 1.07 bits per heavy atom. The van der Waals surface area contributed by atoms with Crippen LogP contribution in [0.5, 0.6) is 11.5 Å². The maximum Gasteiger partial charge on any atom is 0.161 e. The lowest BCUT2D eigenvalue weighted by Gasteiger charge is -2.12. The van der Waals surface area contributed by atoms with Crippen LogP contribution in [-0.4, -0.2) is 19.2 Å². The first-order valence-corrected chi connectivity index (χ1v) is 8.22. The van der Waals surface area contributed by atoms with Gasteiger partial charge in [-0.15, -0.1) is 0 Å². The minimum atomic E-state index is 0.140. The van der Waals surface area contributed by atoms with Crippen LogP contribution in [0.2, 0.25) is 0 Å². The van der Waals surface area contributed by atoms with E-state index in [0.717, 1.165) is 27.8 Å². The van der Waals surface area contributed by atoms with Crippen molar-refractivity contribution in [3.05, 3.63) is 51.7 Å². The third-order valence-electron chi connectivity index (χ3n) is 4.70. The van der Waals surface area contributed by atoms with Gasteiger partial charge in [-0.1, -0.05) is 6.07 Å². The fraction of sp³-hybridized carbons (Fsp3) is 0.190. The van der Waals surface area contributed by atoms with Crippen molar-refractivity contribution in [3.63, 3.8) is 0 Å². The molecular formula is C21H18N4O2. The highest BCUT2D eigenvalue weighted by Crippen LogP contribution is 2.44. The summed E-state index contributed by atoms with van der Waals surface area (Å²) in [5.74, 6) is 1.38. The molecule has 0 saturated carbocycles. The predicted octanol–water partition coefficient (Wildman–Crippen LogP) is 3.71. The molecule has 0 bridgehead atoms. The Morgan fingerprint density at radius 2 is 1.78 bits per heavy atom. The zero-order chi connectivity index (χ0) is 19.7. The Hall–Kier alpha value is -3.77. The van der Waals surface area contributed by atoms with E-state index in [4.69, 9.17) is 15.2 Å². The summed E-state index contributed by atoms with van der Waals surface area (Å²) >= 11 is 0. The van der Waals surface area contributed by atoms with Crippen molar-refractivity contribution in [3.8, 4) is 23.6 Å². The van der Waals surface area contributed by atoms with Gasteiger partial charge in [-0.05, 0) is 54.3 Å². The van der Waals surface area contributed by atoms with Crippen LogP contribution in [0.1, 0.15) is 34.9 Å². The van der Waals surface area contributed by atoms with Crippen molar-refractivity contribution in [1.82, 2.24) is 4.98 Å². The zero-order valence-electron chi connectivity index (χ0n) is 15.5. The van der Waals surface area contributed by atoms with Crippen molar-refractivity contribution in [2.45, 2.75) is 13.8 Å². The Kier molecular flexibility index (Phi) is 4.58. The molecule has 2 N–H and O–H groups in total. The maximum absolute atomic E-state index is 9.61. The first kappa shape index (κ1) is 18.0. The predicted molar refractivity (Wildman–Crippen MR) is 104 cm³/mol. The lowest BCUT2D eigenvalue weighted by atomic mass is 9.95. The van der Waals surface area contributed by atoms with E-state index in [1.54, 1.807) is 14.2 Å². The van der Waals surface area contributed by atoms with Crippen molar-refractivity contribution < 1.29 is 9.47 Å². The van der Waals surface area contributed by atoms with Gasteiger partial charge < -0.3 is 15.2 Å². The molecule has 1 heterocycles. The number of nitrogen functional groups attached to an aromatic ring is 1. The molecule has 1 aromatic carbocycles. The lowest BCUT2D eigenvalue weighted by Crippen LogP contribution is -2.03. The summed E-state index contributed by atoms with van der Waals surface area (Å²) in [5.41, 5.74) is 11.2. The van der Waals surface area contributed by atoms with Crippen LogP contribution in [0.3, 0.4) is 0 Å². The number of aromatic nitrogens is 1. The van der Waals surface area contributed by atoms with E-state index >= 15 is 0 Å². The molecule has 0 fully saturated rings. The normalized spacial score (nSPS) is 13.9. The Bertz CT molecular complexity index is 1100. The molecule has 2 aromatic rings. The summed E-state index contributed by atoms with van der Waals surface area (Å²) in [5, 5.41) is 19.0. The van der Waals surface area contributed by atoms with Gasteiger partial charge in [0.15, 0.2) is 11.5 Å². The maximum atomic E-state index is 9.61. The van der Waals surface area contributed by atoms with Gasteiger partial charge in [0, 0.05) is 5.56 Å². The van der Waals surface area contributed by atoms with Crippen LogP contribution < -0.4 is 15.2 Å². The number of ether oxygens (including phenoxy) is 2. The van der Waals surface area contributed by atoms with Crippen LogP contribution >= 0.6 is 0 Å². The molecule has 1 aromatic heterocycles. The zero-order valence-corrected chi connectivity index (χ0v) is 15.5. The molecule has 6 nitrogen and oxygen atoms in total. The van der Waals surface area contributed by atoms with E-state index in [-0.39, 0.29) is 5.82 Å². The summed E-state index contributed by atoms with van der Waals surface area (Å²) in [6.45, 7) is 3.69. The van der Waals surface area contributed by atoms with Gasteiger partial charge in [0.1, 0.15) is 18.0 Å². The minimum absolute atomic E-state index is 0.140. The number of anilines is 1. The fourth-order valence-corrected chi connectivity index (χ4v) is 3.30. The molecular weight excluding hydrogens is 340 g/mol. The topological polar surface area (TPSA) is 105 Å². The second-order valence-corrected chi connectivity index (χ2v) is 6.12. The quantitative estimate of drug-likeness (QED) is 0.896. The third-order valence-corrected chi connectivity index (χ3v) is 4.70. The van der Waals surface area contributed by atoms with Crippen molar-refractivity contribution in [2.75, 3.05) is 20.0 Å². The number of allylic oxidation sites excluding steroid dienone is 3. The molecule has 0 aliphatic heterocycles. The molecule has 1 aliphatic rings. The number of nitrogens with zero attached hydrogens (tertiary/aromatic N) is 3. The SMILES string of the molecule is COc1ccc(C=C2C(C)=C(C#N)c3nc(N)c(C#N)c(C)c32)cc1OC. The number of nitriles is 2. The van der Waals surface area contributed by atoms with Gasteiger partial charge in [0.2, 0.25) is 0 Å². The van der Waals surface area contributed by atoms with E-state index in [0.29, 0.717) is 28.3 Å². The van der Waals surface area contributed by atoms with Gasteiger partial charge in [0.25, 0.3) is 0 Å². The monoisotopic (exact) mass is 358 g/mol. The average molecular weight is 358 g/mol. The number of hydrogen-bond donors (Lipinski definition) is 1. The largest absolute Gasteiger partial charge is 0.493 e. The highest BCUT2D eigenvalue weighted by molar-refractivity contribution is 6.08. The minimum Gasteiger partial charge on any atom is -0.493 e. The number of hydrogen-bond acceptors (Lipinski definition) is 6. The Labute approximate surface area is 157 Å². The van der Waals surface area contributed by atoms with Crippen LogP contribution in [0.4, 0.5) is 5.82 Å². The van der Waals surface area contributed by atoms with Gasteiger partial charge in [-0.25, -0.2) is 4.98 Å². The second kappa shape index (κ2) is 6.86. The van der Waals surface area contributed by atoms with E-state index in [1.807, 2.05) is 38.1 Å². The smallest absolute Gasteiger partial charge is 0.161 e. The summed E-state index contributed by atoms with van der Waals surface area (Å²) in [7, 11) is 3.16. The standard InChI is InChI=1S/C21H18N4O2/c1-11-14(7-13-5-6-17(26-3)18(8-13)27-4)19-12(2)16(10-23)21(24)25-20(19)15(11)9-22/h5-8H,1-4H3,(H2,24,25). The Morgan fingerprint density at radius 3 is 2.37 bits per heavy atom. The molecule has 3 rings (SSSR count). The average Bonchev–Trinajstić information content (AvgIpc) is 2.92. The van der Waals surface area contributed by atoms with Crippen LogP contribution in [0, 0.1) is 29.6 Å². The molecule has 0 atom stereocenters. The molecule has 0 radical (unpaired) electrons. The molecule has 6 heteroatoms. The summed E-state index contributed by atoms with van der Waals surface area (Å²) < 4.78 is 10.6. The van der Waals surface area contributed by atoms with Gasteiger partial charge in [-0.2, -0.15) is 10.5 Å². The summed E-state index contributed by atoms with van der Waals surface area (Å²) in [6.07, 6.45) is 1.95. The molecule has 134 valence electrons. The lowest BCUT2D eigenvalue weighted by molar-refractivity contribution is 0.355. The van der Waals surface area contributed by atoms with Crippen LogP contribution in [-0.2, 0) is 0 Å². The summed E-state index contributed by atoms with van der Waals surface area (Å²) in [4.78, 5) is 4.33. The van der Waals surface area contributed by atoms with Gasteiger partial charge in [0.05, 0.1) is 31.1 Å². The molecule has 0 amide bonds.